The molecule has 3 aromatic rings. The van der Waals surface area contributed by atoms with Crippen LogP contribution in [0.25, 0.3) is 16.7 Å². The summed E-state index contributed by atoms with van der Waals surface area (Å²) >= 11 is 3.45. The SMILES string of the molecule is CC(O)c1ccc(Br)cc1-n1nnc2ccccc21. The molecule has 5 heteroatoms. The lowest BCUT2D eigenvalue weighted by Crippen LogP contribution is -2.04. The first-order valence-electron chi connectivity index (χ1n) is 5.95. The molecule has 0 aliphatic rings. The van der Waals surface area contributed by atoms with Gasteiger partial charge in [-0.05, 0) is 31.2 Å². The molecule has 19 heavy (non-hydrogen) atoms. The maximum absolute atomic E-state index is 9.89. The van der Waals surface area contributed by atoms with Gasteiger partial charge in [-0.1, -0.05) is 39.3 Å². The highest BCUT2D eigenvalue weighted by atomic mass is 79.9. The minimum absolute atomic E-state index is 0.564. The number of aliphatic hydroxyl groups is 1. The normalized spacial score (nSPS) is 12.8. The summed E-state index contributed by atoms with van der Waals surface area (Å²) in [6, 6.07) is 13.5. The highest BCUT2D eigenvalue weighted by molar-refractivity contribution is 9.10. The lowest BCUT2D eigenvalue weighted by molar-refractivity contribution is 0.199. The van der Waals surface area contributed by atoms with E-state index in [0.29, 0.717) is 0 Å². The molecule has 0 bridgehead atoms. The number of halogens is 1. The average molecular weight is 318 g/mol. The third kappa shape index (κ3) is 2.15. The molecule has 1 atom stereocenters. The molecule has 4 nitrogen and oxygen atoms in total. The summed E-state index contributed by atoms with van der Waals surface area (Å²) in [5.74, 6) is 0. The monoisotopic (exact) mass is 317 g/mol. The molecule has 0 aliphatic heterocycles. The Morgan fingerprint density at radius 1 is 1.21 bits per heavy atom. The molecular formula is C14H12BrN3O. The van der Waals surface area contributed by atoms with Gasteiger partial charge in [0.15, 0.2) is 0 Å². The molecule has 0 saturated carbocycles. The van der Waals surface area contributed by atoms with Gasteiger partial charge >= 0.3 is 0 Å². The van der Waals surface area contributed by atoms with Crippen LogP contribution in [0.1, 0.15) is 18.6 Å². The smallest absolute Gasteiger partial charge is 0.113 e. The highest BCUT2D eigenvalue weighted by Crippen LogP contribution is 2.27. The lowest BCUT2D eigenvalue weighted by atomic mass is 10.1. The number of nitrogens with zero attached hydrogens (tertiary/aromatic N) is 3. The zero-order valence-corrected chi connectivity index (χ0v) is 11.9. The fourth-order valence-electron chi connectivity index (χ4n) is 2.10. The van der Waals surface area contributed by atoms with Crippen molar-refractivity contribution in [3.63, 3.8) is 0 Å². The Bertz CT molecular complexity index is 736. The van der Waals surface area contributed by atoms with Crippen molar-refractivity contribution in [1.29, 1.82) is 0 Å². The summed E-state index contributed by atoms with van der Waals surface area (Å²) in [7, 11) is 0. The fraction of sp³-hybridized carbons (Fsp3) is 0.143. The van der Waals surface area contributed by atoms with Gasteiger partial charge < -0.3 is 5.11 Å². The number of para-hydroxylation sites is 1. The third-order valence-electron chi connectivity index (χ3n) is 3.02. The van der Waals surface area contributed by atoms with Gasteiger partial charge in [0.1, 0.15) is 5.52 Å². The van der Waals surface area contributed by atoms with Gasteiger partial charge in [0, 0.05) is 10.0 Å². The Balaban J connectivity index is 2.29. The van der Waals surface area contributed by atoms with Crippen LogP contribution in [0.5, 0.6) is 0 Å². The van der Waals surface area contributed by atoms with Crippen molar-refractivity contribution in [3.05, 3.63) is 52.5 Å². The van der Waals surface area contributed by atoms with Crippen LogP contribution in [0.15, 0.2) is 46.9 Å². The number of aromatic nitrogens is 3. The maximum Gasteiger partial charge on any atom is 0.113 e. The predicted octanol–water partition coefficient (Wildman–Crippen LogP) is 3.24. The van der Waals surface area contributed by atoms with Gasteiger partial charge in [-0.3, -0.25) is 0 Å². The Hall–Kier alpha value is -1.72. The van der Waals surface area contributed by atoms with Gasteiger partial charge in [-0.15, -0.1) is 5.10 Å². The topological polar surface area (TPSA) is 50.9 Å². The van der Waals surface area contributed by atoms with Gasteiger partial charge in [0.25, 0.3) is 0 Å². The predicted molar refractivity (Wildman–Crippen MR) is 77.2 cm³/mol. The lowest BCUT2D eigenvalue weighted by Gasteiger charge is -2.12. The largest absolute Gasteiger partial charge is 0.389 e. The summed E-state index contributed by atoms with van der Waals surface area (Å²) in [5.41, 5.74) is 3.40. The van der Waals surface area contributed by atoms with Crippen LogP contribution in [0.3, 0.4) is 0 Å². The molecule has 0 spiro atoms. The van der Waals surface area contributed by atoms with Crippen LogP contribution in [0.4, 0.5) is 0 Å². The Labute approximate surface area is 118 Å². The Kier molecular flexibility index (Phi) is 3.08. The number of fused-ring (bicyclic) bond motifs is 1. The van der Waals surface area contributed by atoms with E-state index in [4.69, 9.17) is 0 Å². The van der Waals surface area contributed by atoms with Crippen molar-refractivity contribution in [1.82, 2.24) is 15.0 Å². The van der Waals surface area contributed by atoms with E-state index in [-0.39, 0.29) is 0 Å². The van der Waals surface area contributed by atoms with Gasteiger partial charge in [-0.25, -0.2) is 4.68 Å². The van der Waals surface area contributed by atoms with E-state index >= 15 is 0 Å². The van der Waals surface area contributed by atoms with E-state index in [0.717, 1.165) is 26.8 Å². The zero-order chi connectivity index (χ0) is 13.4. The molecule has 0 radical (unpaired) electrons. The summed E-state index contributed by atoms with van der Waals surface area (Å²) in [5, 5.41) is 18.2. The number of rotatable bonds is 2. The van der Waals surface area contributed by atoms with Gasteiger partial charge in [0.05, 0.1) is 17.3 Å². The standard InChI is InChI=1S/C14H12BrN3O/c1-9(19)11-7-6-10(15)8-14(11)18-13-5-3-2-4-12(13)16-17-18/h2-9,19H,1H3. The van der Waals surface area contributed by atoms with Crippen LogP contribution in [0, 0.1) is 0 Å². The molecule has 0 saturated heterocycles. The second kappa shape index (κ2) is 4.75. The van der Waals surface area contributed by atoms with E-state index in [9.17, 15) is 5.11 Å². The number of aliphatic hydroxyl groups excluding tert-OH is 1. The first-order chi connectivity index (χ1) is 9.16. The van der Waals surface area contributed by atoms with Gasteiger partial charge in [0.2, 0.25) is 0 Å². The van der Waals surface area contributed by atoms with Crippen molar-refractivity contribution < 1.29 is 5.11 Å². The highest BCUT2D eigenvalue weighted by Gasteiger charge is 2.13. The van der Waals surface area contributed by atoms with Crippen molar-refractivity contribution in [2.45, 2.75) is 13.0 Å². The van der Waals surface area contributed by atoms with E-state index in [1.807, 2.05) is 42.5 Å². The Morgan fingerprint density at radius 2 is 2.00 bits per heavy atom. The zero-order valence-electron chi connectivity index (χ0n) is 10.3. The van der Waals surface area contributed by atoms with Crippen molar-refractivity contribution in [2.75, 3.05) is 0 Å². The van der Waals surface area contributed by atoms with E-state index < -0.39 is 6.10 Å². The summed E-state index contributed by atoms with van der Waals surface area (Å²) in [6.07, 6.45) is -0.564. The molecule has 0 amide bonds. The van der Waals surface area contributed by atoms with Crippen LogP contribution in [0.2, 0.25) is 0 Å². The first kappa shape index (κ1) is 12.3. The molecule has 2 aromatic carbocycles. The summed E-state index contributed by atoms with van der Waals surface area (Å²) < 4.78 is 2.69. The van der Waals surface area contributed by atoms with Gasteiger partial charge in [-0.2, -0.15) is 0 Å². The molecule has 1 aromatic heterocycles. The molecule has 3 rings (SSSR count). The maximum atomic E-state index is 9.89. The molecule has 1 heterocycles. The molecule has 0 aliphatic carbocycles. The number of hydrogen-bond acceptors (Lipinski definition) is 3. The average Bonchev–Trinajstić information content (AvgIpc) is 2.82. The van der Waals surface area contributed by atoms with Crippen molar-refractivity contribution in [3.8, 4) is 5.69 Å². The van der Waals surface area contributed by atoms with Crippen molar-refractivity contribution >= 4 is 27.0 Å². The number of benzene rings is 2. The van der Waals surface area contributed by atoms with E-state index in [2.05, 4.69) is 26.2 Å². The first-order valence-corrected chi connectivity index (χ1v) is 6.74. The minimum atomic E-state index is -0.564. The Morgan fingerprint density at radius 3 is 2.79 bits per heavy atom. The van der Waals surface area contributed by atoms with Crippen LogP contribution < -0.4 is 0 Å². The van der Waals surface area contributed by atoms with Crippen molar-refractivity contribution in [2.24, 2.45) is 0 Å². The second-order valence-corrected chi connectivity index (χ2v) is 5.28. The number of hydrogen-bond donors (Lipinski definition) is 1. The molecule has 1 unspecified atom stereocenters. The molecule has 0 fully saturated rings. The fourth-order valence-corrected chi connectivity index (χ4v) is 2.45. The minimum Gasteiger partial charge on any atom is -0.389 e. The quantitative estimate of drug-likeness (QED) is 0.789. The van der Waals surface area contributed by atoms with Crippen LogP contribution in [-0.4, -0.2) is 20.1 Å². The summed E-state index contributed by atoms with van der Waals surface area (Å²) in [6.45, 7) is 1.74. The molecular weight excluding hydrogens is 306 g/mol. The summed E-state index contributed by atoms with van der Waals surface area (Å²) in [4.78, 5) is 0. The van der Waals surface area contributed by atoms with E-state index in [1.165, 1.54) is 0 Å². The van der Waals surface area contributed by atoms with Crippen LogP contribution >= 0.6 is 15.9 Å². The molecule has 96 valence electrons. The third-order valence-corrected chi connectivity index (χ3v) is 3.52. The van der Waals surface area contributed by atoms with E-state index in [1.54, 1.807) is 11.6 Å². The molecule has 1 N–H and O–H groups in total. The second-order valence-electron chi connectivity index (χ2n) is 4.37. The van der Waals surface area contributed by atoms with Crippen LogP contribution in [-0.2, 0) is 0 Å².